The summed E-state index contributed by atoms with van der Waals surface area (Å²) >= 11 is 6.69. The van der Waals surface area contributed by atoms with Crippen molar-refractivity contribution in [2.24, 2.45) is 5.92 Å². The normalized spacial score (nSPS) is 23.6. The van der Waals surface area contributed by atoms with Crippen LogP contribution in [-0.2, 0) is 16.1 Å². The number of piperidine rings is 1. The largest absolute Gasteiger partial charge is 0.342 e. The number of rotatable bonds is 4. The predicted molar refractivity (Wildman–Crippen MR) is 129 cm³/mol. The second kappa shape index (κ2) is 8.67. The van der Waals surface area contributed by atoms with Gasteiger partial charge in [0, 0.05) is 50.3 Å². The van der Waals surface area contributed by atoms with Gasteiger partial charge in [0.25, 0.3) is 11.5 Å². The summed E-state index contributed by atoms with van der Waals surface area (Å²) in [6.07, 6.45) is 3.09. The molecule has 4 heterocycles. The Morgan fingerprint density at radius 3 is 2.69 bits per heavy atom. The van der Waals surface area contributed by atoms with E-state index in [9.17, 15) is 14.4 Å². The molecule has 0 radical (unpaired) electrons. The highest BCUT2D eigenvalue weighted by Crippen LogP contribution is 2.36. The fourth-order valence-corrected chi connectivity index (χ4v) is 6.17. The van der Waals surface area contributed by atoms with Crippen LogP contribution < -0.4 is 5.56 Å². The second-order valence-corrected chi connectivity index (χ2v) is 10.2. The zero-order valence-corrected chi connectivity index (χ0v) is 19.1. The van der Waals surface area contributed by atoms with E-state index >= 15 is 0 Å². The molecule has 2 amide bonds. The quantitative estimate of drug-likeness (QED) is 0.513. The number of hydrogen-bond donors (Lipinski definition) is 0. The first kappa shape index (κ1) is 21.2. The third-order valence-electron chi connectivity index (χ3n) is 6.35. The molecule has 8 heteroatoms. The van der Waals surface area contributed by atoms with Gasteiger partial charge in [-0.1, -0.05) is 60.4 Å². The minimum Gasteiger partial charge on any atom is -0.342 e. The smallest absolute Gasteiger partial charge is 0.266 e. The Kier molecular flexibility index (Phi) is 5.73. The summed E-state index contributed by atoms with van der Waals surface area (Å²) in [5.74, 6) is 0.370. The van der Waals surface area contributed by atoms with Crippen LogP contribution in [0.25, 0.3) is 6.08 Å². The number of likely N-dealkylation sites (tertiary alicyclic amines) is 1. The summed E-state index contributed by atoms with van der Waals surface area (Å²) in [4.78, 5) is 42.0. The standard InChI is InChI=1S/C24H23N3O3S2/c28-21(25-13-17-11-18(15-25)19-7-4-8-22(29)27(19)14-17)9-10-26-23(30)20(32-24(26)31)12-16-5-2-1-3-6-16/h1-8,12,17-18H,9-11,13-15H2/b20-12+/t17-,18+/m0/s1. The predicted octanol–water partition coefficient (Wildman–Crippen LogP) is 3.09. The van der Waals surface area contributed by atoms with Gasteiger partial charge in [-0.15, -0.1) is 0 Å². The highest BCUT2D eigenvalue weighted by Gasteiger charge is 2.37. The highest BCUT2D eigenvalue weighted by atomic mass is 32.2. The Bertz CT molecular complexity index is 1170. The van der Waals surface area contributed by atoms with Crippen LogP contribution in [0.3, 0.4) is 0 Å². The van der Waals surface area contributed by atoms with E-state index < -0.39 is 0 Å². The molecule has 32 heavy (non-hydrogen) atoms. The maximum absolute atomic E-state index is 13.0. The van der Waals surface area contributed by atoms with Crippen LogP contribution in [-0.4, -0.2) is 50.1 Å². The number of fused-ring (bicyclic) bond motifs is 4. The van der Waals surface area contributed by atoms with Gasteiger partial charge in [-0.05, 0) is 30.0 Å². The van der Waals surface area contributed by atoms with Crippen LogP contribution in [0.1, 0.15) is 30.0 Å². The Balaban J connectivity index is 1.23. The molecule has 2 saturated heterocycles. The summed E-state index contributed by atoms with van der Waals surface area (Å²) < 4.78 is 2.36. The van der Waals surface area contributed by atoms with Crippen molar-refractivity contribution in [3.05, 3.63) is 75.0 Å². The minimum atomic E-state index is -0.138. The summed E-state index contributed by atoms with van der Waals surface area (Å²) in [6, 6.07) is 15.1. The second-order valence-electron chi connectivity index (χ2n) is 8.49. The van der Waals surface area contributed by atoms with E-state index in [1.165, 1.54) is 16.7 Å². The van der Waals surface area contributed by atoms with Crippen LogP contribution in [0.4, 0.5) is 0 Å². The number of amides is 2. The van der Waals surface area contributed by atoms with Gasteiger partial charge in [0.1, 0.15) is 4.32 Å². The molecule has 5 rings (SSSR count). The summed E-state index contributed by atoms with van der Waals surface area (Å²) in [5.41, 5.74) is 2.01. The lowest BCUT2D eigenvalue weighted by atomic mass is 9.83. The third-order valence-corrected chi connectivity index (χ3v) is 7.73. The van der Waals surface area contributed by atoms with Gasteiger partial charge in [0.2, 0.25) is 5.91 Å². The SMILES string of the molecule is O=C(CCN1C(=O)/C(=C\c2ccccc2)SC1=S)N1C[C@@H]2C[C@H](C1)c1cccc(=O)n1C2. The molecule has 1 aromatic heterocycles. The highest BCUT2D eigenvalue weighted by molar-refractivity contribution is 8.26. The Morgan fingerprint density at radius 1 is 1.06 bits per heavy atom. The monoisotopic (exact) mass is 465 g/mol. The topological polar surface area (TPSA) is 62.6 Å². The molecule has 164 valence electrons. The van der Waals surface area contributed by atoms with Gasteiger partial charge >= 0.3 is 0 Å². The average Bonchev–Trinajstić information content (AvgIpc) is 3.05. The van der Waals surface area contributed by atoms with Crippen molar-refractivity contribution in [1.82, 2.24) is 14.4 Å². The van der Waals surface area contributed by atoms with E-state index in [2.05, 4.69) is 0 Å². The molecule has 3 aliphatic heterocycles. The first-order valence-corrected chi connectivity index (χ1v) is 12.0. The maximum atomic E-state index is 13.0. The van der Waals surface area contributed by atoms with Crippen LogP contribution in [0.15, 0.2) is 58.2 Å². The zero-order valence-electron chi connectivity index (χ0n) is 17.5. The number of carbonyl (C=O) groups is 2. The number of benzene rings is 1. The molecule has 0 spiro atoms. The molecule has 0 saturated carbocycles. The van der Waals surface area contributed by atoms with Crippen molar-refractivity contribution in [1.29, 1.82) is 0 Å². The van der Waals surface area contributed by atoms with Crippen LogP contribution >= 0.6 is 24.0 Å². The zero-order chi connectivity index (χ0) is 22.2. The Hall–Kier alpha value is -2.71. The molecule has 0 N–H and O–H groups in total. The van der Waals surface area contributed by atoms with Crippen molar-refractivity contribution < 1.29 is 9.59 Å². The van der Waals surface area contributed by atoms with Crippen LogP contribution in [0.5, 0.6) is 0 Å². The van der Waals surface area contributed by atoms with Crippen molar-refractivity contribution in [3.63, 3.8) is 0 Å². The van der Waals surface area contributed by atoms with E-state index in [4.69, 9.17) is 12.2 Å². The molecule has 0 unspecified atom stereocenters. The number of thioether (sulfide) groups is 1. The van der Waals surface area contributed by atoms with E-state index in [-0.39, 0.29) is 42.2 Å². The van der Waals surface area contributed by atoms with Crippen molar-refractivity contribution in [3.8, 4) is 0 Å². The number of carbonyl (C=O) groups excluding carboxylic acids is 2. The first-order valence-electron chi connectivity index (χ1n) is 10.8. The molecule has 2 fully saturated rings. The molecule has 2 atom stereocenters. The number of aromatic nitrogens is 1. The molecule has 2 aromatic rings. The minimum absolute atomic E-state index is 0.0347. The molecule has 1 aromatic carbocycles. The van der Waals surface area contributed by atoms with Gasteiger partial charge in [0.15, 0.2) is 0 Å². The number of nitrogens with zero attached hydrogens (tertiary/aromatic N) is 3. The Morgan fingerprint density at radius 2 is 1.88 bits per heavy atom. The van der Waals surface area contributed by atoms with Gasteiger partial charge in [-0.2, -0.15) is 0 Å². The molecular formula is C24H23N3O3S2. The summed E-state index contributed by atoms with van der Waals surface area (Å²) in [7, 11) is 0. The number of thiocarbonyl (C=S) groups is 1. The van der Waals surface area contributed by atoms with Gasteiger partial charge in [-0.25, -0.2) is 0 Å². The molecule has 6 nitrogen and oxygen atoms in total. The molecular weight excluding hydrogens is 442 g/mol. The number of hydrogen-bond acceptors (Lipinski definition) is 5. The lowest BCUT2D eigenvalue weighted by Crippen LogP contribution is -2.49. The van der Waals surface area contributed by atoms with Gasteiger partial charge in [0.05, 0.1) is 4.91 Å². The summed E-state index contributed by atoms with van der Waals surface area (Å²) in [6.45, 7) is 2.22. The summed E-state index contributed by atoms with van der Waals surface area (Å²) in [5, 5.41) is 0. The fraction of sp³-hybridized carbons (Fsp3) is 0.333. The fourth-order valence-electron chi connectivity index (χ4n) is 4.86. The molecule has 3 aliphatic rings. The lowest BCUT2D eigenvalue weighted by molar-refractivity contribution is -0.134. The average molecular weight is 466 g/mol. The van der Waals surface area contributed by atoms with Crippen LogP contribution in [0.2, 0.25) is 0 Å². The van der Waals surface area contributed by atoms with Crippen molar-refractivity contribution in [2.45, 2.75) is 25.3 Å². The van der Waals surface area contributed by atoms with Crippen molar-refractivity contribution >= 4 is 46.2 Å². The first-order chi connectivity index (χ1) is 15.5. The van der Waals surface area contributed by atoms with Gasteiger partial charge < -0.3 is 9.47 Å². The number of pyridine rings is 1. The third kappa shape index (κ3) is 4.04. The lowest BCUT2D eigenvalue weighted by Gasteiger charge is -2.42. The van der Waals surface area contributed by atoms with E-state index in [1.807, 2.05) is 51.9 Å². The van der Waals surface area contributed by atoms with E-state index in [0.29, 0.717) is 28.9 Å². The molecule has 0 aliphatic carbocycles. The molecule has 2 bridgehead atoms. The van der Waals surface area contributed by atoms with Crippen LogP contribution in [0, 0.1) is 5.92 Å². The van der Waals surface area contributed by atoms with E-state index in [1.54, 1.807) is 12.1 Å². The van der Waals surface area contributed by atoms with Crippen molar-refractivity contribution in [2.75, 3.05) is 19.6 Å². The van der Waals surface area contributed by atoms with E-state index in [0.717, 1.165) is 17.7 Å². The Labute approximate surface area is 195 Å². The van der Waals surface area contributed by atoms with Gasteiger partial charge in [-0.3, -0.25) is 19.3 Å². The maximum Gasteiger partial charge on any atom is 0.266 e.